The smallest absolute Gasteiger partial charge is 0.408 e. The van der Waals surface area contributed by atoms with Crippen LogP contribution in [0, 0.1) is 11.3 Å². The van der Waals surface area contributed by atoms with Crippen LogP contribution in [0.25, 0.3) is 0 Å². The zero-order valence-corrected chi connectivity index (χ0v) is 13.4. The standard InChI is InChI=1S/C15H25NO5/c1-13(2,3)21-12(19)16-15(11(17)18)9-7-6-8-20-10(9)14(15,4)5/h9-10H,6-8H2,1-5H3,(H,16,19)(H,17,18)/t9-,10+,15-/m0/s1. The number of carboxylic acid groups (broad SMARTS) is 1. The summed E-state index contributed by atoms with van der Waals surface area (Å²) in [5.74, 6) is -1.24. The molecule has 0 radical (unpaired) electrons. The summed E-state index contributed by atoms with van der Waals surface area (Å²) in [7, 11) is 0. The minimum Gasteiger partial charge on any atom is -0.479 e. The van der Waals surface area contributed by atoms with Gasteiger partial charge in [-0.15, -0.1) is 0 Å². The number of hydrogen-bond donors (Lipinski definition) is 2. The van der Waals surface area contributed by atoms with Gasteiger partial charge in [-0.2, -0.15) is 0 Å². The van der Waals surface area contributed by atoms with Crippen molar-refractivity contribution in [3.8, 4) is 0 Å². The van der Waals surface area contributed by atoms with Gasteiger partial charge in [0.25, 0.3) is 0 Å². The van der Waals surface area contributed by atoms with Crippen molar-refractivity contribution in [3.63, 3.8) is 0 Å². The second-order valence-electron chi connectivity index (χ2n) is 7.50. The summed E-state index contributed by atoms with van der Waals surface area (Å²) < 4.78 is 11.0. The van der Waals surface area contributed by atoms with Crippen LogP contribution in [-0.4, -0.2) is 41.0 Å². The highest BCUT2D eigenvalue weighted by atomic mass is 16.6. The molecule has 120 valence electrons. The van der Waals surface area contributed by atoms with Gasteiger partial charge in [-0.1, -0.05) is 13.8 Å². The first-order valence-corrected chi connectivity index (χ1v) is 7.38. The highest BCUT2D eigenvalue weighted by Crippen LogP contribution is 2.58. The van der Waals surface area contributed by atoms with Crippen molar-refractivity contribution < 1.29 is 24.2 Å². The minimum absolute atomic E-state index is 0.141. The van der Waals surface area contributed by atoms with E-state index >= 15 is 0 Å². The van der Waals surface area contributed by atoms with Crippen LogP contribution < -0.4 is 5.32 Å². The minimum atomic E-state index is -1.33. The van der Waals surface area contributed by atoms with Gasteiger partial charge in [-0.25, -0.2) is 9.59 Å². The van der Waals surface area contributed by atoms with Gasteiger partial charge < -0.3 is 19.9 Å². The Morgan fingerprint density at radius 1 is 1.33 bits per heavy atom. The van der Waals surface area contributed by atoms with Crippen molar-refractivity contribution in [1.29, 1.82) is 0 Å². The van der Waals surface area contributed by atoms with Crippen LogP contribution in [0.1, 0.15) is 47.5 Å². The maximum absolute atomic E-state index is 12.1. The Morgan fingerprint density at radius 3 is 2.48 bits per heavy atom. The molecule has 0 aromatic rings. The molecule has 0 spiro atoms. The predicted molar refractivity (Wildman–Crippen MR) is 76.0 cm³/mol. The van der Waals surface area contributed by atoms with E-state index in [-0.39, 0.29) is 12.0 Å². The molecule has 0 bridgehead atoms. The molecule has 1 heterocycles. The Hall–Kier alpha value is -1.30. The van der Waals surface area contributed by atoms with Gasteiger partial charge in [0.1, 0.15) is 5.60 Å². The van der Waals surface area contributed by atoms with E-state index in [9.17, 15) is 14.7 Å². The second-order valence-corrected chi connectivity index (χ2v) is 7.50. The second kappa shape index (κ2) is 4.87. The maximum Gasteiger partial charge on any atom is 0.408 e. The van der Waals surface area contributed by atoms with Crippen molar-refractivity contribution in [2.24, 2.45) is 11.3 Å². The highest BCUT2D eigenvalue weighted by Gasteiger charge is 2.73. The summed E-state index contributed by atoms with van der Waals surface area (Å²) in [5, 5.41) is 12.4. The Kier molecular flexibility index (Phi) is 3.72. The first-order valence-electron chi connectivity index (χ1n) is 7.38. The van der Waals surface area contributed by atoms with Crippen LogP contribution >= 0.6 is 0 Å². The summed E-state index contributed by atoms with van der Waals surface area (Å²) in [6, 6.07) is 0. The molecule has 2 fully saturated rings. The highest BCUT2D eigenvalue weighted by molar-refractivity contribution is 5.88. The fraction of sp³-hybridized carbons (Fsp3) is 0.867. The first kappa shape index (κ1) is 16.1. The van der Waals surface area contributed by atoms with E-state index in [1.165, 1.54) is 0 Å². The summed E-state index contributed by atoms with van der Waals surface area (Å²) in [4.78, 5) is 24.0. The number of alkyl carbamates (subject to hydrolysis) is 1. The molecule has 1 aliphatic heterocycles. The third-order valence-electron chi connectivity index (χ3n) is 4.64. The lowest BCUT2D eigenvalue weighted by atomic mass is 9.46. The topological polar surface area (TPSA) is 84.9 Å². The number of carboxylic acids is 1. The van der Waals surface area contributed by atoms with Gasteiger partial charge in [-0.3, -0.25) is 0 Å². The van der Waals surface area contributed by atoms with E-state index in [0.717, 1.165) is 12.8 Å². The first-order chi connectivity index (χ1) is 9.52. The van der Waals surface area contributed by atoms with Crippen LogP contribution in [0.4, 0.5) is 4.79 Å². The fourth-order valence-corrected chi connectivity index (χ4v) is 3.75. The van der Waals surface area contributed by atoms with Crippen LogP contribution in [0.5, 0.6) is 0 Å². The molecule has 2 aliphatic rings. The van der Waals surface area contributed by atoms with Gasteiger partial charge in [0.2, 0.25) is 0 Å². The molecule has 0 unspecified atom stereocenters. The molecule has 1 saturated heterocycles. The normalized spacial score (nSPS) is 34.3. The molecule has 1 saturated carbocycles. The van der Waals surface area contributed by atoms with Gasteiger partial charge in [0, 0.05) is 17.9 Å². The van der Waals surface area contributed by atoms with Crippen LogP contribution in [-0.2, 0) is 14.3 Å². The molecule has 2 N–H and O–H groups in total. The number of rotatable bonds is 2. The molecular formula is C15H25NO5. The lowest BCUT2D eigenvalue weighted by Gasteiger charge is -2.65. The van der Waals surface area contributed by atoms with Gasteiger partial charge in [0.15, 0.2) is 5.54 Å². The van der Waals surface area contributed by atoms with E-state index in [4.69, 9.17) is 9.47 Å². The summed E-state index contributed by atoms with van der Waals surface area (Å²) in [6.45, 7) is 9.54. The Bertz CT molecular complexity index is 453. The van der Waals surface area contributed by atoms with Crippen molar-refractivity contribution in [1.82, 2.24) is 5.32 Å². The average molecular weight is 299 g/mol. The van der Waals surface area contributed by atoms with E-state index in [2.05, 4.69) is 5.32 Å². The molecule has 1 aliphatic carbocycles. The van der Waals surface area contributed by atoms with Crippen LogP contribution in [0.3, 0.4) is 0 Å². The Balaban J connectivity index is 2.25. The quantitative estimate of drug-likeness (QED) is 0.816. The fourth-order valence-electron chi connectivity index (χ4n) is 3.75. The third kappa shape index (κ3) is 2.39. The lowest BCUT2D eigenvalue weighted by Crippen LogP contribution is -2.82. The van der Waals surface area contributed by atoms with Crippen molar-refractivity contribution in [2.45, 2.75) is 64.7 Å². The van der Waals surface area contributed by atoms with Crippen molar-refractivity contribution >= 4 is 12.1 Å². The van der Waals surface area contributed by atoms with Crippen LogP contribution in [0.15, 0.2) is 0 Å². The monoisotopic (exact) mass is 299 g/mol. The van der Waals surface area contributed by atoms with Gasteiger partial charge in [-0.05, 0) is 33.6 Å². The summed E-state index contributed by atoms with van der Waals surface area (Å²) in [5.41, 5.74) is -2.68. The maximum atomic E-state index is 12.1. The molecule has 2 rings (SSSR count). The Labute approximate surface area is 125 Å². The van der Waals surface area contributed by atoms with Gasteiger partial charge >= 0.3 is 12.1 Å². The number of ether oxygens (including phenoxy) is 2. The Morgan fingerprint density at radius 2 is 1.95 bits per heavy atom. The molecule has 0 aromatic carbocycles. The molecule has 0 aromatic heterocycles. The van der Waals surface area contributed by atoms with Crippen molar-refractivity contribution in [2.75, 3.05) is 6.61 Å². The van der Waals surface area contributed by atoms with Gasteiger partial charge in [0.05, 0.1) is 6.10 Å². The lowest BCUT2D eigenvalue weighted by molar-refractivity contribution is -0.241. The number of nitrogens with one attached hydrogen (secondary N) is 1. The molecule has 1 amide bonds. The molecule has 6 nitrogen and oxygen atoms in total. The van der Waals surface area contributed by atoms with E-state index in [1.54, 1.807) is 20.8 Å². The number of fused-ring (bicyclic) bond motifs is 1. The number of amides is 1. The third-order valence-corrected chi connectivity index (χ3v) is 4.64. The molecule has 6 heteroatoms. The number of hydrogen-bond acceptors (Lipinski definition) is 4. The van der Waals surface area contributed by atoms with E-state index in [0.29, 0.717) is 6.61 Å². The molecular weight excluding hydrogens is 274 g/mol. The number of carbonyl (C=O) groups is 2. The summed E-state index contributed by atoms with van der Waals surface area (Å²) >= 11 is 0. The summed E-state index contributed by atoms with van der Waals surface area (Å²) in [6.07, 6.45) is 0.706. The SMILES string of the molecule is CC(C)(C)OC(=O)N[C@]1(C(=O)O)[C@H]2CCCO[C@H]2C1(C)C. The van der Waals surface area contributed by atoms with Crippen molar-refractivity contribution in [3.05, 3.63) is 0 Å². The zero-order chi connectivity index (χ0) is 16.1. The zero-order valence-electron chi connectivity index (χ0n) is 13.4. The molecule has 21 heavy (non-hydrogen) atoms. The average Bonchev–Trinajstić information content (AvgIpc) is 2.33. The predicted octanol–water partition coefficient (Wildman–Crippen LogP) is 2.17. The number of aliphatic carboxylic acids is 1. The van der Waals surface area contributed by atoms with E-state index in [1.807, 2.05) is 13.8 Å². The number of carbonyl (C=O) groups excluding carboxylic acids is 1. The molecule has 3 atom stereocenters. The largest absolute Gasteiger partial charge is 0.479 e. The van der Waals surface area contributed by atoms with E-state index < -0.39 is 28.6 Å². The van der Waals surface area contributed by atoms with Crippen LogP contribution in [0.2, 0.25) is 0 Å².